The van der Waals surface area contributed by atoms with E-state index in [1.807, 2.05) is 0 Å². The fourth-order valence-corrected chi connectivity index (χ4v) is 9.64. The topological polar surface area (TPSA) is 78.9 Å². The second-order valence-electron chi connectivity index (χ2n) is 22.7. The number of carbonyl (C=O) groups is 3. The Morgan fingerprint density at radius 3 is 0.754 bits per heavy atom. The Morgan fingerprint density at radius 1 is 0.290 bits per heavy atom. The molecule has 0 aromatic rings. The third kappa shape index (κ3) is 54.0. The number of hydrogen-bond donors (Lipinski definition) is 0. The van der Waals surface area contributed by atoms with Crippen LogP contribution in [0.1, 0.15) is 350 Å². The van der Waals surface area contributed by atoms with Gasteiger partial charge in [-0.1, -0.05) is 311 Å². The highest BCUT2D eigenvalue weighted by Gasteiger charge is 2.19. The Hall–Kier alpha value is -1.59. The largest absolute Gasteiger partial charge is 0.462 e. The molecule has 0 N–H and O–H groups in total. The fourth-order valence-electron chi connectivity index (χ4n) is 9.64. The minimum atomic E-state index is -0.764. The van der Waals surface area contributed by atoms with Crippen molar-refractivity contribution in [3.63, 3.8) is 0 Å². The Labute approximate surface area is 431 Å². The molecule has 6 nitrogen and oxygen atoms in total. The molecule has 2 unspecified atom stereocenters. The predicted octanol–water partition coefficient (Wildman–Crippen LogP) is 20.7. The van der Waals surface area contributed by atoms with Crippen molar-refractivity contribution in [2.24, 2.45) is 17.8 Å². The van der Waals surface area contributed by atoms with Crippen molar-refractivity contribution < 1.29 is 28.6 Å². The molecule has 0 rings (SSSR count). The van der Waals surface area contributed by atoms with Crippen molar-refractivity contribution in [1.29, 1.82) is 0 Å². The molecule has 0 aliphatic heterocycles. The molecule has 6 heteroatoms. The van der Waals surface area contributed by atoms with E-state index < -0.39 is 6.10 Å². The van der Waals surface area contributed by atoms with Gasteiger partial charge in [-0.3, -0.25) is 14.4 Å². The summed E-state index contributed by atoms with van der Waals surface area (Å²) in [6.07, 6.45) is 58.0. The molecule has 69 heavy (non-hydrogen) atoms. The van der Waals surface area contributed by atoms with E-state index in [0.717, 1.165) is 75.5 Å². The summed E-state index contributed by atoms with van der Waals surface area (Å²) in [6.45, 7) is 13.9. The molecular formula is C63H122O6. The Kier molecular flexibility index (Phi) is 52.9. The zero-order valence-electron chi connectivity index (χ0n) is 47.6. The smallest absolute Gasteiger partial charge is 0.306 e. The summed E-state index contributed by atoms with van der Waals surface area (Å²) >= 11 is 0. The van der Waals surface area contributed by atoms with Gasteiger partial charge in [-0.25, -0.2) is 0 Å². The van der Waals surface area contributed by atoms with Gasteiger partial charge in [0.1, 0.15) is 13.2 Å². The van der Waals surface area contributed by atoms with E-state index in [2.05, 4.69) is 41.5 Å². The van der Waals surface area contributed by atoms with Crippen LogP contribution in [0.15, 0.2) is 0 Å². The molecule has 0 aromatic heterocycles. The van der Waals surface area contributed by atoms with Crippen molar-refractivity contribution in [1.82, 2.24) is 0 Å². The number of unbranched alkanes of at least 4 members (excludes halogenated alkanes) is 37. The number of esters is 3. The molecule has 0 aliphatic rings. The molecule has 0 heterocycles. The van der Waals surface area contributed by atoms with Crippen LogP contribution in [-0.2, 0) is 28.6 Å². The zero-order chi connectivity index (χ0) is 50.5. The summed E-state index contributed by atoms with van der Waals surface area (Å²) in [6, 6.07) is 0. The Bertz CT molecular complexity index is 1070. The maximum absolute atomic E-state index is 12.9. The minimum absolute atomic E-state index is 0.0630. The van der Waals surface area contributed by atoms with Crippen LogP contribution in [0.3, 0.4) is 0 Å². The summed E-state index contributed by atoms with van der Waals surface area (Å²) in [5.41, 5.74) is 0. The van der Waals surface area contributed by atoms with Crippen LogP contribution < -0.4 is 0 Å². The molecule has 0 radical (unpaired) electrons. The first-order valence-electron chi connectivity index (χ1n) is 31.2. The molecule has 410 valence electrons. The van der Waals surface area contributed by atoms with Gasteiger partial charge in [-0.2, -0.15) is 0 Å². The van der Waals surface area contributed by atoms with Crippen molar-refractivity contribution in [2.75, 3.05) is 13.2 Å². The second kappa shape index (κ2) is 54.2. The number of carbonyl (C=O) groups excluding carboxylic acids is 3. The van der Waals surface area contributed by atoms with Crippen LogP contribution >= 0.6 is 0 Å². The average Bonchev–Trinajstić information content (AvgIpc) is 3.34. The van der Waals surface area contributed by atoms with Crippen LogP contribution in [-0.4, -0.2) is 37.2 Å². The van der Waals surface area contributed by atoms with Crippen LogP contribution in [0.4, 0.5) is 0 Å². The fraction of sp³-hybridized carbons (Fsp3) is 0.952. The first kappa shape index (κ1) is 67.4. The molecule has 0 aliphatic carbocycles. The van der Waals surface area contributed by atoms with Crippen molar-refractivity contribution in [3.8, 4) is 0 Å². The van der Waals surface area contributed by atoms with E-state index in [1.165, 1.54) is 231 Å². The van der Waals surface area contributed by atoms with Gasteiger partial charge in [-0.05, 0) is 37.0 Å². The van der Waals surface area contributed by atoms with E-state index in [0.29, 0.717) is 19.3 Å². The van der Waals surface area contributed by atoms with Gasteiger partial charge < -0.3 is 14.2 Å². The van der Waals surface area contributed by atoms with Crippen molar-refractivity contribution in [3.05, 3.63) is 0 Å². The lowest BCUT2D eigenvalue weighted by Gasteiger charge is -2.18. The Balaban J connectivity index is 4.29. The molecule has 0 amide bonds. The molecule has 0 bridgehead atoms. The third-order valence-corrected chi connectivity index (χ3v) is 15.1. The molecule has 0 aromatic carbocycles. The van der Waals surface area contributed by atoms with Gasteiger partial charge >= 0.3 is 17.9 Å². The summed E-state index contributed by atoms with van der Waals surface area (Å²) in [7, 11) is 0. The van der Waals surface area contributed by atoms with Crippen LogP contribution in [0, 0.1) is 17.8 Å². The molecule has 0 saturated carbocycles. The highest BCUT2D eigenvalue weighted by molar-refractivity contribution is 5.71. The lowest BCUT2D eigenvalue weighted by molar-refractivity contribution is -0.167. The molecule has 0 saturated heterocycles. The first-order chi connectivity index (χ1) is 33.7. The standard InChI is InChI=1S/C63H122O6/c1-7-58(5)50-44-38-32-26-20-16-13-14-18-22-30-36-42-48-54-63(66)69-60(56-68-62(65)53-47-41-35-29-24-23-27-33-39-45-51-59(6)8-2)55-67-61(64)52-46-40-34-28-21-17-12-10-9-11-15-19-25-31-37-43-49-57(3)4/h57-60H,7-56H2,1-6H3/t58?,59?,60-/m0/s1. The van der Waals surface area contributed by atoms with E-state index in [1.54, 1.807) is 0 Å². The monoisotopic (exact) mass is 975 g/mol. The van der Waals surface area contributed by atoms with Crippen molar-refractivity contribution in [2.45, 2.75) is 356 Å². The van der Waals surface area contributed by atoms with Crippen molar-refractivity contribution >= 4 is 17.9 Å². The van der Waals surface area contributed by atoms with Crippen LogP contribution in [0.2, 0.25) is 0 Å². The first-order valence-corrected chi connectivity index (χ1v) is 31.2. The van der Waals surface area contributed by atoms with Gasteiger partial charge in [0.15, 0.2) is 6.10 Å². The summed E-state index contributed by atoms with van der Waals surface area (Å²) in [5, 5.41) is 0. The van der Waals surface area contributed by atoms with Gasteiger partial charge in [0.2, 0.25) is 0 Å². The predicted molar refractivity (Wildman–Crippen MR) is 298 cm³/mol. The molecular weight excluding hydrogens is 853 g/mol. The maximum Gasteiger partial charge on any atom is 0.306 e. The van der Waals surface area contributed by atoms with E-state index >= 15 is 0 Å². The number of ether oxygens (including phenoxy) is 3. The van der Waals surface area contributed by atoms with Gasteiger partial charge in [-0.15, -0.1) is 0 Å². The quantitative estimate of drug-likeness (QED) is 0.0343. The number of rotatable bonds is 56. The van der Waals surface area contributed by atoms with Gasteiger partial charge in [0.25, 0.3) is 0 Å². The maximum atomic E-state index is 12.9. The third-order valence-electron chi connectivity index (χ3n) is 15.1. The molecule has 0 spiro atoms. The SMILES string of the molecule is CCC(C)CCCCCCCCCCCCCCCCC(=O)O[C@@H](COC(=O)CCCCCCCCCCCCCCCCCCC(C)C)COC(=O)CCCCCCCCCCCCC(C)CC. The van der Waals surface area contributed by atoms with Gasteiger partial charge in [0, 0.05) is 19.3 Å². The van der Waals surface area contributed by atoms with E-state index in [4.69, 9.17) is 14.2 Å². The molecule has 3 atom stereocenters. The second-order valence-corrected chi connectivity index (χ2v) is 22.7. The normalized spacial score (nSPS) is 12.9. The highest BCUT2D eigenvalue weighted by atomic mass is 16.6. The van der Waals surface area contributed by atoms with Gasteiger partial charge in [0.05, 0.1) is 0 Å². The summed E-state index contributed by atoms with van der Waals surface area (Å²) < 4.78 is 16.9. The number of hydrogen-bond acceptors (Lipinski definition) is 6. The van der Waals surface area contributed by atoms with E-state index in [-0.39, 0.29) is 31.1 Å². The Morgan fingerprint density at radius 2 is 0.507 bits per heavy atom. The average molecular weight is 976 g/mol. The minimum Gasteiger partial charge on any atom is -0.462 e. The lowest BCUT2D eigenvalue weighted by atomic mass is 9.99. The summed E-state index contributed by atoms with van der Waals surface area (Å²) in [4.78, 5) is 38.3. The van der Waals surface area contributed by atoms with Crippen LogP contribution in [0.5, 0.6) is 0 Å². The van der Waals surface area contributed by atoms with Crippen LogP contribution in [0.25, 0.3) is 0 Å². The molecule has 0 fully saturated rings. The lowest BCUT2D eigenvalue weighted by Crippen LogP contribution is -2.30. The summed E-state index contributed by atoms with van der Waals surface area (Å²) in [5.74, 6) is 1.78. The van der Waals surface area contributed by atoms with E-state index in [9.17, 15) is 14.4 Å². The zero-order valence-corrected chi connectivity index (χ0v) is 47.6. The highest BCUT2D eigenvalue weighted by Crippen LogP contribution is 2.20.